The summed E-state index contributed by atoms with van der Waals surface area (Å²) in [4.78, 5) is 12.3. The number of carbonyl (C=O) groups is 1. The number of hydrogen-bond acceptors (Lipinski definition) is 4. The van der Waals surface area contributed by atoms with Gasteiger partial charge in [0.2, 0.25) is 15.9 Å². The minimum Gasteiger partial charge on any atom is -0.492 e. The van der Waals surface area contributed by atoms with E-state index in [9.17, 15) is 22.0 Å². The summed E-state index contributed by atoms with van der Waals surface area (Å²) < 4.78 is 58.8. The molecule has 0 saturated carbocycles. The Morgan fingerprint density at radius 1 is 1.13 bits per heavy atom. The fourth-order valence-corrected chi connectivity index (χ4v) is 5.28. The second-order valence-corrected chi connectivity index (χ2v) is 9.60. The smallest absolute Gasteiger partial charge is 0.223 e. The molecule has 1 aliphatic heterocycles. The Balaban J connectivity index is 1.44. The minimum atomic E-state index is -3.75. The maximum Gasteiger partial charge on any atom is 0.223 e. The van der Waals surface area contributed by atoms with E-state index in [0.29, 0.717) is 18.6 Å². The van der Waals surface area contributed by atoms with Gasteiger partial charge in [0.1, 0.15) is 24.0 Å². The largest absolute Gasteiger partial charge is 0.492 e. The van der Waals surface area contributed by atoms with Crippen LogP contribution in [-0.4, -0.2) is 44.9 Å². The Morgan fingerprint density at radius 3 is 2.45 bits per heavy atom. The minimum absolute atomic E-state index is 0.0508. The first-order valence-corrected chi connectivity index (χ1v) is 11.8. The number of rotatable bonds is 8. The zero-order valence-electron chi connectivity index (χ0n) is 16.7. The fraction of sp³-hybridized carbons (Fsp3) is 0.381. The second kappa shape index (κ2) is 10.4. The summed E-state index contributed by atoms with van der Waals surface area (Å²) in [6, 6.07) is 9.62. The van der Waals surface area contributed by atoms with E-state index in [0.717, 1.165) is 0 Å². The molecule has 3 rings (SSSR count). The van der Waals surface area contributed by atoms with Crippen molar-refractivity contribution < 1.29 is 26.7 Å². The first-order chi connectivity index (χ1) is 14.8. The number of benzene rings is 2. The number of amides is 1. The molecular formula is C21H23ClF2N2O4S. The molecule has 1 aliphatic rings. The number of carbonyl (C=O) groups excluding carboxylic acids is 1. The van der Waals surface area contributed by atoms with Gasteiger partial charge >= 0.3 is 0 Å². The SMILES string of the molecule is O=C(NCCOc1ccc(F)cc1)C1CCN(S(=O)(=O)Cc2c(F)cccc2Cl)CC1. The van der Waals surface area contributed by atoms with Crippen LogP contribution in [0.1, 0.15) is 18.4 Å². The van der Waals surface area contributed by atoms with Gasteiger partial charge in [0.25, 0.3) is 0 Å². The van der Waals surface area contributed by atoms with Gasteiger partial charge in [-0.1, -0.05) is 17.7 Å². The van der Waals surface area contributed by atoms with Gasteiger partial charge in [-0.15, -0.1) is 0 Å². The van der Waals surface area contributed by atoms with E-state index in [2.05, 4.69) is 5.32 Å². The van der Waals surface area contributed by atoms with Gasteiger partial charge < -0.3 is 10.1 Å². The Morgan fingerprint density at radius 2 is 1.81 bits per heavy atom. The van der Waals surface area contributed by atoms with E-state index < -0.39 is 21.6 Å². The highest BCUT2D eigenvalue weighted by molar-refractivity contribution is 7.88. The molecule has 0 aromatic heterocycles. The molecule has 10 heteroatoms. The van der Waals surface area contributed by atoms with E-state index in [4.69, 9.17) is 16.3 Å². The monoisotopic (exact) mass is 472 g/mol. The van der Waals surface area contributed by atoms with Gasteiger partial charge in [0.15, 0.2) is 0 Å². The van der Waals surface area contributed by atoms with Crippen molar-refractivity contribution in [2.24, 2.45) is 5.92 Å². The number of ether oxygens (including phenoxy) is 1. The van der Waals surface area contributed by atoms with Gasteiger partial charge in [0, 0.05) is 29.6 Å². The van der Waals surface area contributed by atoms with Crippen LogP contribution in [0.3, 0.4) is 0 Å². The van der Waals surface area contributed by atoms with Gasteiger partial charge in [-0.25, -0.2) is 21.5 Å². The molecule has 0 aliphatic carbocycles. The molecular weight excluding hydrogens is 450 g/mol. The second-order valence-electron chi connectivity index (χ2n) is 7.22. The number of sulfonamides is 1. The zero-order valence-corrected chi connectivity index (χ0v) is 18.3. The van der Waals surface area contributed by atoms with Crippen LogP contribution < -0.4 is 10.1 Å². The molecule has 6 nitrogen and oxygen atoms in total. The van der Waals surface area contributed by atoms with Crippen LogP contribution in [-0.2, 0) is 20.6 Å². The molecule has 1 saturated heterocycles. The number of halogens is 3. The van der Waals surface area contributed by atoms with Crippen LogP contribution >= 0.6 is 11.6 Å². The molecule has 2 aromatic carbocycles. The topological polar surface area (TPSA) is 75.7 Å². The lowest BCUT2D eigenvalue weighted by molar-refractivity contribution is -0.126. The standard InChI is InChI=1S/C21H23ClF2N2O4S/c22-19-2-1-3-20(24)18(19)14-31(28,29)26-11-8-15(9-12-26)21(27)25-10-13-30-17-6-4-16(23)5-7-17/h1-7,15H,8-14H2,(H,25,27). The van der Waals surface area contributed by atoms with Crippen LogP contribution in [0.4, 0.5) is 8.78 Å². The van der Waals surface area contributed by atoms with Crippen molar-refractivity contribution in [2.45, 2.75) is 18.6 Å². The third-order valence-corrected chi connectivity index (χ3v) is 7.25. The summed E-state index contributed by atoms with van der Waals surface area (Å²) in [5.41, 5.74) is -0.0508. The maximum absolute atomic E-state index is 13.9. The van der Waals surface area contributed by atoms with Crippen LogP contribution in [0.2, 0.25) is 5.02 Å². The fourth-order valence-electron chi connectivity index (χ4n) is 3.36. The zero-order chi connectivity index (χ0) is 22.4. The lowest BCUT2D eigenvalue weighted by Gasteiger charge is -2.30. The molecule has 1 fully saturated rings. The Labute approximate surface area is 185 Å². The predicted molar refractivity (Wildman–Crippen MR) is 113 cm³/mol. The highest BCUT2D eigenvalue weighted by Gasteiger charge is 2.32. The lowest BCUT2D eigenvalue weighted by atomic mass is 9.97. The van der Waals surface area contributed by atoms with E-state index in [-0.39, 0.29) is 54.5 Å². The van der Waals surface area contributed by atoms with E-state index >= 15 is 0 Å². The summed E-state index contributed by atoms with van der Waals surface area (Å²) in [6.07, 6.45) is 0.740. The highest BCUT2D eigenvalue weighted by atomic mass is 35.5. The number of nitrogens with zero attached hydrogens (tertiary/aromatic N) is 1. The summed E-state index contributed by atoms with van der Waals surface area (Å²) >= 11 is 5.94. The van der Waals surface area contributed by atoms with Gasteiger partial charge in [0.05, 0.1) is 12.3 Å². The maximum atomic E-state index is 13.9. The Hall–Kier alpha value is -2.23. The Kier molecular flexibility index (Phi) is 7.85. The van der Waals surface area contributed by atoms with Crippen LogP contribution in [0, 0.1) is 17.6 Å². The average Bonchev–Trinajstić information content (AvgIpc) is 2.75. The first kappa shape index (κ1) is 23.4. The lowest BCUT2D eigenvalue weighted by Crippen LogP contribution is -2.44. The van der Waals surface area contributed by atoms with Gasteiger partial charge in [-0.05, 0) is 49.2 Å². The summed E-state index contributed by atoms with van der Waals surface area (Å²) in [5.74, 6) is -1.51. The molecule has 0 radical (unpaired) electrons. The van der Waals surface area contributed by atoms with Crippen LogP contribution in [0.25, 0.3) is 0 Å². The molecule has 31 heavy (non-hydrogen) atoms. The Bertz CT molecular complexity index is 990. The molecule has 1 amide bonds. The summed E-state index contributed by atoms with van der Waals surface area (Å²) in [6.45, 7) is 0.867. The van der Waals surface area contributed by atoms with Crippen molar-refractivity contribution in [3.63, 3.8) is 0 Å². The van der Waals surface area contributed by atoms with E-state index in [1.807, 2.05) is 0 Å². The van der Waals surface area contributed by atoms with Gasteiger partial charge in [-0.3, -0.25) is 4.79 Å². The van der Waals surface area contributed by atoms with Crippen LogP contribution in [0.15, 0.2) is 42.5 Å². The highest BCUT2D eigenvalue weighted by Crippen LogP contribution is 2.26. The van der Waals surface area contributed by atoms with Crippen molar-refractivity contribution >= 4 is 27.5 Å². The molecule has 168 valence electrons. The van der Waals surface area contributed by atoms with Gasteiger partial charge in [-0.2, -0.15) is 0 Å². The molecule has 0 unspecified atom stereocenters. The number of nitrogens with one attached hydrogen (secondary N) is 1. The summed E-state index contributed by atoms with van der Waals surface area (Å²) in [7, 11) is -3.75. The third-order valence-electron chi connectivity index (χ3n) is 5.09. The molecule has 1 N–H and O–H groups in total. The normalized spacial score (nSPS) is 15.6. The van der Waals surface area contributed by atoms with Crippen molar-refractivity contribution in [3.05, 3.63) is 64.7 Å². The van der Waals surface area contributed by atoms with Crippen LogP contribution in [0.5, 0.6) is 5.75 Å². The van der Waals surface area contributed by atoms with E-state index in [1.165, 1.54) is 46.8 Å². The summed E-state index contributed by atoms with van der Waals surface area (Å²) in [5, 5.41) is 2.84. The quantitative estimate of drug-likeness (QED) is 0.598. The number of piperidine rings is 1. The van der Waals surface area contributed by atoms with Crippen molar-refractivity contribution in [1.82, 2.24) is 9.62 Å². The number of hydrogen-bond donors (Lipinski definition) is 1. The van der Waals surface area contributed by atoms with Crippen molar-refractivity contribution in [1.29, 1.82) is 0 Å². The molecule has 0 spiro atoms. The van der Waals surface area contributed by atoms with Crippen molar-refractivity contribution in [3.8, 4) is 5.75 Å². The molecule has 1 heterocycles. The third kappa shape index (κ3) is 6.38. The molecule has 0 atom stereocenters. The van der Waals surface area contributed by atoms with Crippen molar-refractivity contribution in [2.75, 3.05) is 26.2 Å². The molecule has 2 aromatic rings. The first-order valence-electron chi connectivity index (χ1n) is 9.83. The predicted octanol–water partition coefficient (Wildman–Crippen LogP) is 3.36. The average molecular weight is 473 g/mol. The molecule has 0 bridgehead atoms. The van der Waals surface area contributed by atoms with E-state index in [1.54, 1.807) is 0 Å².